The van der Waals surface area contributed by atoms with Crippen LogP contribution >= 0.6 is 12.2 Å². The molecule has 0 saturated carbocycles. The van der Waals surface area contributed by atoms with Crippen molar-refractivity contribution in [3.05, 3.63) is 107 Å². The number of nitrogens with one attached hydrogen (secondary N) is 2. The van der Waals surface area contributed by atoms with Gasteiger partial charge in [0.15, 0.2) is 5.11 Å². The summed E-state index contributed by atoms with van der Waals surface area (Å²) in [5.74, 6) is -0.198. The van der Waals surface area contributed by atoms with Crippen molar-refractivity contribution in [1.82, 2.24) is 14.9 Å². The third-order valence-corrected chi connectivity index (χ3v) is 7.51. The van der Waals surface area contributed by atoms with Gasteiger partial charge in [0, 0.05) is 41.8 Å². The standard InChI is InChI=1S/C31H33N5O2S/c1-5-22-9-13-24(14-10-22)35-20(2)18-26(21(35)3)30-29(27-8-6-7-17-32-27)34-31(39)36(30)25-15-11-23(12-16-25)33-28(37)19-38-4/h6-18,29-30H,5,19H2,1-4H3,(H,33,37)(H,34,39)/t29-,30+/m1/s1. The zero-order chi connectivity index (χ0) is 27.5. The molecule has 2 aromatic heterocycles. The molecule has 1 saturated heterocycles. The second kappa shape index (κ2) is 11.4. The Balaban J connectivity index is 1.57. The topological polar surface area (TPSA) is 71.4 Å². The lowest BCUT2D eigenvalue weighted by Gasteiger charge is -2.28. The van der Waals surface area contributed by atoms with Crippen LogP contribution in [0.25, 0.3) is 5.69 Å². The molecular formula is C31H33N5O2S. The lowest BCUT2D eigenvalue weighted by atomic mass is 9.96. The van der Waals surface area contributed by atoms with Crippen LogP contribution in [0.15, 0.2) is 79.0 Å². The number of carbonyl (C=O) groups excluding carboxylic acids is 1. The first-order valence-electron chi connectivity index (χ1n) is 13.1. The molecule has 0 unspecified atom stereocenters. The number of nitrogens with zero attached hydrogens (tertiary/aromatic N) is 3. The molecule has 0 aliphatic carbocycles. The van der Waals surface area contributed by atoms with Crippen LogP contribution in [-0.4, -0.2) is 34.3 Å². The van der Waals surface area contributed by atoms with Gasteiger partial charge >= 0.3 is 0 Å². The minimum absolute atomic E-state index is 0.00645. The van der Waals surface area contributed by atoms with E-state index in [1.807, 2.05) is 48.7 Å². The van der Waals surface area contributed by atoms with E-state index in [1.54, 1.807) is 0 Å². The second-order valence-electron chi connectivity index (χ2n) is 9.71. The summed E-state index contributed by atoms with van der Waals surface area (Å²) in [7, 11) is 1.50. The highest BCUT2D eigenvalue weighted by Crippen LogP contribution is 2.44. The molecule has 1 fully saturated rings. The van der Waals surface area contributed by atoms with E-state index in [9.17, 15) is 4.79 Å². The van der Waals surface area contributed by atoms with Gasteiger partial charge in [-0.25, -0.2) is 0 Å². The largest absolute Gasteiger partial charge is 0.375 e. The fourth-order valence-electron chi connectivity index (χ4n) is 5.35. The van der Waals surface area contributed by atoms with Crippen molar-refractivity contribution in [2.24, 2.45) is 0 Å². The Kier molecular flexibility index (Phi) is 7.77. The highest BCUT2D eigenvalue weighted by molar-refractivity contribution is 7.80. The number of aromatic nitrogens is 2. The van der Waals surface area contributed by atoms with E-state index >= 15 is 0 Å². The fraction of sp³-hybridized carbons (Fsp3) is 0.258. The summed E-state index contributed by atoms with van der Waals surface area (Å²) in [6.07, 6.45) is 2.83. The maximum absolute atomic E-state index is 12.0. The number of amides is 1. The molecule has 2 atom stereocenters. The summed E-state index contributed by atoms with van der Waals surface area (Å²) in [6, 6.07) is 24.4. The Morgan fingerprint density at radius 3 is 2.41 bits per heavy atom. The normalized spacial score (nSPS) is 16.8. The van der Waals surface area contributed by atoms with E-state index in [1.165, 1.54) is 18.2 Å². The number of benzene rings is 2. The van der Waals surface area contributed by atoms with Crippen molar-refractivity contribution >= 4 is 34.6 Å². The van der Waals surface area contributed by atoms with Crippen LogP contribution in [0.5, 0.6) is 0 Å². The highest BCUT2D eigenvalue weighted by atomic mass is 32.1. The third kappa shape index (κ3) is 5.30. The summed E-state index contributed by atoms with van der Waals surface area (Å²) in [4.78, 5) is 18.8. The number of anilines is 2. The number of methoxy groups -OCH3 is 1. The molecule has 0 spiro atoms. The summed E-state index contributed by atoms with van der Waals surface area (Å²) in [5, 5.41) is 7.02. The van der Waals surface area contributed by atoms with E-state index in [4.69, 9.17) is 17.0 Å². The van der Waals surface area contributed by atoms with E-state index in [-0.39, 0.29) is 24.6 Å². The number of hydrogen-bond donors (Lipinski definition) is 2. The van der Waals surface area contributed by atoms with Gasteiger partial charge in [0.25, 0.3) is 0 Å². The molecule has 5 rings (SSSR count). The molecular weight excluding hydrogens is 506 g/mol. The number of thiocarbonyl (C=S) groups is 1. The zero-order valence-electron chi connectivity index (χ0n) is 22.6. The van der Waals surface area contributed by atoms with Gasteiger partial charge in [-0.3, -0.25) is 9.78 Å². The molecule has 1 aliphatic heterocycles. The van der Waals surface area contributed by atoms with Crippen molar-refractivity contribution < 1.29 is 9.53 Å². The first kappa shape index (κ1) is 26.6. The smallest absolute Gasteiger partial charge is 0.250 e. The van der Waals surface area contributed by atoms with Crippen LogP contribution in [-0.2, 0) is 16.0 Å². The first-order valence-corrected chi connectivity index (χ1v) is 13.5. The van der Waals surface area contributed by atoms with Crippen LogP contribution < -0.4 is 15.5 Å². The lowest BCUT2D eigenvalue weighted by Crippen LogP contribution is -2.29. The van der Waals surface area contributed by atoms with Crippen molar-refractivity contribution in [2.75, 3.05) is 23.9 Å². The van der Waals surface area contributed by atoms with Crippen molar-refractivity contribution in [1.29, 1.82) is 0 Å². The maximum Gasteiger partial charge on any atom is 0.250 e. The maximum atomic E-state index is 12.0. The fourth-order valence-corrected chi connectivity index (χ4v) is 5.69. The predicted octanol–water partition coefficient (Wildman–Crippen LogP) is 5.81. The molecule has 2 N–H and O–H groups in total. The quantitative estimate of drug-likeness (QED) is 0.275. The first-order chi connectivity index (χ1) is 18.9. The van der Waals surface area contributed by atoms with E-state index in [0.29, 0.717) is 10.8 Å². The van der Waals surface area contributed by atoms with Crippen molar-refractivity contribution in [2.45, 2.75) is 39.3 Å². The molecule has 1 aliphatic rings. The van der Waals surface area contributed by atoms with Crippen molar-refractivity contribution in [3.8, 4) is 5.69 Å². The number of pyridine rings is 1. The van der Waals surface area contributed by atoms with Crippen LogP contribution in [0.1, 0.15) is 47.2 Å². The molecule has 3 heterocycles. The van der Waals surface area contributed by atoms with E-state index in [2.05, 4.69) is 76.2 Å². The Morgan fingerprint density at radius 2 is 1.77 bits per heavy atom. The molecule has 4 aromatic rings. The number of aryl methyl sites for hydroxylation is 2. The van der Waals surface area contributed by atoms with E-state index < -0.39 is 0 Å². The number of carbonyl (C=O) groups is 1. The average molecular weight is 540 g/mol. The molecule has 7 nitrogen and oxygen atoms in total. The molecule has 39 heavy (non-hydrogen) atoms. The monoisotopic (exact) mass is 539 g/mol. The van der Waals surface area contributed by atoms with Gasteiger partial charge in [0.2, 0.25) is 5.91 Å². The van der Waals surface area contributed by atoms with Gasteiger partial charge in [-0.15, -0.1) is 0 Å². The highest BCUT2D eigenvalue weighted by Gasteiger charge is 2.42. The molecule has 1 amide bonds. The van der Waals surface area contributed by atoms with Gasteiger partial charge < -0.3 is 24.8 Å². The Bertz CT molecular complexity index is 1470. The summed E-state index contributed by atoms with van der Waals surface area (Å²) in [6.45, 7) is 6.48. The van der Waals surface area contributed by atoms with E-state index in [0.717, 1.165) is 34.9 Å². The zero-order valence-corrected chi connectivity index (χ0v) is 23.5. The SMILES string of the molecule is CCc1ccc(-n2c(C)cc([C@H]3[C@@H](c4ccccn4)NC(=S)N3c3ccc(NC(=O)COC)cc3)c2C)cc1. The van der Waals surface area contributed by atoms with Crippen LogP contribution in [0.4, 0.5) is 11.4 Å². The lowest BCUT2D eigenvalue weighted by molar-refractivity contribution is -0.119. The summed E-state index contributed by atoms with van der Waals surface area (Å²) >= 11 is 5.91. The van der Waals surface area contributed by atoms with Gasteiger partial charge in [-0.2, -0.15) is 0 Å². The number of hydrogen-bond acceptors (Lipinski definition) is 4. The van der Waals surface area contributed by atoms with Gasteiger partial charge in [0.1, 0.15) is 6.61 Å². The average Bonchev–Trinajstić information content (AvgIpc) is 3.44. The predicted molar refractivity (Wildman–Crippen MR) is 160 cm³/mol. The van der Waals surface area contributed by atoms with Crippen LogP contribution in [0.2, 0.25) is 0 Å². The summed E-state index contributed by atoms with van der Waals surface area (Å²) < 4.78 is 7.23. The second-order valence-corrected chi connectivity index (χ2v) is 10.1. The Hall–Kier alpha value is -4.01. The molecule has 200 valence electrons. The van der Waals surface area contributed by atoms with Gasteiger partial charge in [-0.05, 0) is 98.2 Å². The third-order valence-electron chi connectivity index (χ3n) is 7.19. The minimum Gasteiger partial charge on any atom is -0.375 e. The summed E-state index contributed by atoms with van der Waals surface area (Å²) in [5.41, 5.74) is 8.49. The van der Waals surface area contributed by atoms with Crippen molar-refractivity contribution in [3.63, 3.8) is 0 Å². The molecule has 0 bridgehead atoms. The Labute approximate surface area is 234 Å². The molecule has 0 radical (unpaired) electrons. The minimum atomic E-state index is -0.198. The van der Waals surface area contributed by atoms with Gasteiger partial charge in [-0.1, -0.05) is 25.1 Å². The van der Waals surface area contributed by atoms with Crippen LogP contribution in [0, 0.1) is 13.8 Å². The van der Waals surface area contributed by atoms with Crippen LogP contribution in [0.3, 0.4) is 0 Å². The Morgan fingerprint density at radius 1 is 1.05 bits per heavy atom. The number of ether oxygens (including phenoxy) is 1. The number of rotatable bonds is 8. The molecule has 8 heteroatoms. The molecule has 2 aromatic carbocycles. The van der Waals surface area contributed by atoms with Gasteiger partial charge in [0.05, 0.1) is 17.8 Å².